The lowest BCUT2D eigenvalue weighted by atomic mass is 9.99. The SMILES string of the molecule is Sc1c(-c2ccccc2)ccc2c1Cc1ccccc1-2. The second kappa shape index (κ2) is 4.53. The summed E-state index contributed by atoms with van der Waals surface area (Å²) in [7, 11) is 0. The van der Waals surface area contributed by atoms with Gasteiger partial charge in [-0.15, -0.1) is 12.6 Å². The van der Waals surface area contributed by atoms with Crippen LogP contribution in [0.5, 0.6) is 0 Å². The van der Waals surface area contributed by atoms with Crippen LogP contribution in [0.1, 0.15) is 11.1 Å². The smallest absolute Gasteiger partial charge is 0.0160 e. The van der Waals surface area contributed by atoms with E-state index in [1.807, 2.05) is 6.07 Å². The molecule has 0 aromatic heterocycles. The van der Waals surface area contributed by atoms with Gasteiger partial charge >= 0.3 is 0 Å². The van der Waals surface area contributed by atoms with Crippen molar-refractivity contribution in [2.45, 2.75) is 11.3 Å². The van der Waals surface area contributed by atoms with Crippen molar-refractivity contribution in [1.29, 1.82) is 0 Å². The van der Waals surface area contributed by atoms with E-state index >= 15 is 0 Å². The second-order valence-electron chi connectivity index (χ2n) is 5.19. The Morgan fingerprint density at radius 1 is 0.650 bits per heavy atom. The highest BCUT2D eigenvalue weighted by molar-refractivity contribution is 7.80. The molecular weight excluding hydrogens is 260 g/mol. The van der Waals surface area contributed by atoms with Gasteiger partial charge in [-0.3, -0.25) is 0 Å². The first-order valence-electron chi connectivity index (χ1n) is 6.83. The minimum atomic E-state index is 0.991. The zero-order valence-corrected chi connectivity index (χ0v) is 11.9. The summed E-state index contributed by atoms with van der Waals surface area (Å²) in [5.74, 6) is 0. The van der Waals surface area contributed by atoms with E-state index in [-0.39, 0.29) is 0 Å². The Hall–Kier alpha value is -1.99. The molecule has 3 aromatic carbocycles. The third-order valence-corrected chi connectivity index (χ3v) is 4.55. The van der Waals surface area contributed by atoms with Crippen LogP contribution in [0, 0.1) is 0 Å². The van der Waals surface area contributed by atoms with Crippen molar-refractivity contribution in [3.8, 4) is 22.3 Å². The van der Waals surface area contributed by atoms with Gasteiger partial charge in [-0.25, -0.2) is 0 Å². The van der Waals surface area contributed by atoms with Gasteiger partial charge in [0.15, 0.2) is 0 Å². The lowest BCUT2D eigenvalue weighted by Crippen LogP contribution is -1.88. The van der Waals surface area contributed by atoms with Crippen LogP contribution in [0.15, 0.2) is 71.6 Å². The average molecular weight is 274 g/mol. The van der Waals surface area contributed by atoms with Crippen molar-refractivity contribution < 1.29 is 0 Å². The Morgan fingerprint density at radius 3 is 2.20 bits per heavy atom. The molecular formula is C19H14S. The number of fused-ring (bicyclic) bond motifs is 3. The van der Waals surface area contributed by atoms with Crippen LogP contribution in [-0.4, -0.2) is 0 Å². The summed E-state index contributed by atoms with van der Waals surface area (Å²) in [4.78, 5) is 1.12. The maximum atomic E-state index is 4.82. The minimum Gasteiger partial charge on any atom is -0.142 e. The van der Waals surface area contributed by atoms with Gasteiger partial charge in [0, 0.05) is 4.90 Å². The second-order valence-corrected chi connectivity index (χ2v) is 5.64. The van der Waals surface area contributed by atoms with E-state index in [2.05, 4.69) is 60.7 Å². The molecule has 4 rings (SSSR count). The van der Waals surface area contributed by atoms with Crippen molar-refractivity contribution in [3.05, 3.63) is 77.9 Å². The molecule has 0 saturated carbocycles. The van der Waals surface area contributed by atoms with Crippen molar-refractivity contribution in [2.75, 3.05) is 0 Å². The number of hydrogen-bond acceptors (Lipinski definition) is 1. The topological polar surface area (TPSA) is 0 Å². The van der Waals surface area contributed by atoms with Crippen LogP contribution in [0.4, 0.5) is 0 Å². The third kappa shape index (κ3) is 1.70. The maximum Gasteiger partial charge on any atom is 0.0160 e. The number of hydrogen-bond donors (Lipinski definition) is 1. The summed E-state index contributed by atoms with van der Waals surface area (Å²) in [6.45, 7) is 0. The van der Waals surface area contributed by atoms with Gasteiger partial charge in [0.05, 0.1) is 0 Å². The number of thiol groups is 1. The van der Waals surface area contributed by atoms with Gasteiger partial charge in [0.25, 0.3) is 0 Å². The third-order valence-electron chi connectivity index (χ3n) is 4.04. The molecule has 0 aliphatic heterocycles. The monoisotopic (exact) mass is 274 g/mol. The molecule has 1 heteroatoms. The van der Waals surface area contributed by atoms with Crippen LogP contribution < -0.4 is 0 Å². The zero-order chi connectivity index (χ0) is 13.5. The fraction of sp³-hybridized carbons (Fsp3) is 0.0526. The fourth-order valence-electron chi connectivity index (χ4n) is 3.05. The molecule has 0 nitrogen and oxygen atoms in total. The standard InChI is InChI=1S/C19H14S/c20-19-16(13-6-2-1-3-7-13)10-11-17-15-9-5-4-8-14(15)12-18(17)19/h1-11,20H,12H2. The summed E-state index contributed by atoms with van der Waals surface area (Å²) in [5, 5.41) is 0. The van der Waals surface area contributed by atoms with Crippen molar-refractivity contribution in [3.63, 3.8) is 0 Å². The van der Waals surface area contributed by atoms with Gasteiger partial charge in [-0.1, -0.05) is 66.7 Å². The number of benzene rings is 3. The van der Waals surface area contributed by atoms with E-state index in [1.165, 1.54) is 33.4 Å². The molecule has 0 fully saturated rings. The van der Waals surface area contributed by atoms with Gasteiger partial charge < -0.3 is 0 Å². The van der Waals surface area contributed by atoms with Gasteiger partial charge in [0.2, 0.25) is 0 Å². The molecule has 0 heterocycles. The highest BCUT2D eigenvalue weighted by Crippen LogP contribution is 2.42. The molecule has 96 valence electrons. The Balaban J connectivity index is 1.91. The predicted molar refractivity (Wildman–Crippen MR) is 87.4 cm³/mol. The van der Waals surface area contributed by atoms with Crippen LogP contribution in [-0.2, 0) is 6.42 Å². The molecule has 3 aromatic rings. The Labute approximate surface area is 124 Å². The zero-order valence-electron chi connectivity index (χ0n) is 11.0. The van der Waals surface area contributed by atoms with Gasteiger partial charge in [-0.05, 0) is 39.8 Å². The molecule has 0 radical (unpaired) electrons. The van der Waals surface area contributed by atoms with Crippen molar-refractivity contribution >= 4 is 12.6 Å². The number of rotatable bonds is 1. The summed E-state index contributed by atoms with van der Waals surface area (Å²) < 4.78 is 0. The van der Waals surface area contributed by atoms with E-state index in [9.17, 15) is 0 Å². The van der Waals surface area contributed by atoms with Gasteiger partial charge in [-0.2, -0.15) is 0 Å². The molecule has 1 aliphatic carbocycles. The molecule has 0 bridgehead atoms. The molecule has 0 unspecified atom stereocenters. The first kappa shape index (κ1) is 11.8. The van der Waals surface area contributed by atoms with Crippen LogP contribution in [0.25, 0.3) is 22.3 Å². The normalized spacial score (nSPS) is 12.1. The van der Waals surface area contributed by atoms with E-state index in [1.54, 1.807) is 0 Å². The van der Waals surface area contributed by atoms with Crippen molar-refractivity contribution in [1.82, 2.24) is 0 Å². The average Bonchev–Trinajstić information content (AvgIpc) is 2.88. The van der Waals surface area contributed by atoms with E-state index < -0.39 is 0 Å². The molecule has 0 spiro atoms. The minimum absolute atomic E-state index is 0.991. The Morgan fingerprint density at radius 2 is 1.35 bits per heavy atom. The van der Waals surface area contributed by atoms with Crippen LogP contribution in [0.3, 0.4) is 0 Å². The van der Waals surface area contributed by atoms with Crippen molar-refractivity contribution in [2.24, 2.45) is 0 Å². The van der Waals surface area contributed by atoms with E-state index in [0.717, 1.165) is 11.3 Å². The van der Waals surface area contributed by atoms with Gasteiger partial charge in [0.1, 0.15) is 0 Å². The van der Waals surface area contributed by atoms with Crippen LogP contribution in [0.2, 0.25) is 0 Å². The summed E-state index contributed by atoms with van der Waals surface area (Å²) in [6.07, 6.45) is 0.991. The molecule has 1 aliphatic rings. The molecule has 0 saturated heterocycles. The lowest BCUT2D eigenvalue weighted by molar-refractivity contribution is 1.19. The largest absolute Gasteiger partial charge is 0.142 e. The summed E-state index contributed by atoms with van der Waals surface area (Å²) in [6, 6.07) is 23.6. The molecule has 20 heavy (non-hydrogen) atoms. The maximum absolute atomic E-state index is 4.82. The lowest BCUT2D eigenvalue weighted by Gasteiger charge is -2.10. The van der Waals surface area contributed by atoms with Crippen LogP contribution >= 0.6 is 12.6 Å². The highest BCUT2D eigenvalue weighted by Gasteiger charge is 2.21. The predicted octanol–water partition coefficient (Wildman–Crippen LogP) is 5.21. The summed E-state index contributed by atoms with van der Waals surface area (Å²) >= 11 is 4.82. The fourth-order valence-corrected chi connectivity index (χ4v) is 3.45. The first-order valence-corrected chi connectivity index (χ1v) is 7.28. The Kier molecular flexibility index (Phi) is 2.68. The quantitative estimate of drug-likeness (QED) is 0.452. The highest BCUT2D eigenvalue weighted by atomic mass is 32.1. The molecule has 0 amide bonds. The first-order chi connectivity index (χ1) is 9.84. The van der Waals surface area contributed by atoms with E-state index in [0.29, 0.717) is 0 Å². The van der Waals surface area contributed by atoms with E-state index in [4.69, 9.17) is 12.6 Å². The molecule has 0 atom stereocenters. The molecule has 0 N–H and O–H groups in total. The summed E-state index contributed by atoms with van der Waals surface area (Å²) in [5.41, 5.74) is 7.92. The Bertz CT molecular complexity index is 788.